The SMILES string of the molecule is CO/N=C(\C(=O)N[C@@H]1C(=O)N2C(C(=O)O)=C(C[n+]3ccc4n3CCN4Cc3c(F)cc(C=NN4CCCC4)cc3Cl)CS[C@H]12)c1csc(N)n1. The maximum absolute atomic E-state index is 15.3. The molecule has 7 rings (SSSR count). The van der Waals surface area contributed by atoms with Gasteiger partial charge in [0.05, 0.1) is 18.8 Å². The maximum atomic E-state index is 15.3. The number of benzene rings is 1. The Morgan fingerprint density at radius 1 is 1.28 bits per heavy atom. The molecule has 0 saturated carbocycles. The summed E-state index contributed by atoms with van der Waals surface area (Å²) in [5, 5.41) is 24.5. The second-order valence-corrected chi connectivity index (χ2v) is 14.4. The van der Waals surface area contributed by atoms with Crippen molar-refractivity contribution < 1.29 is 33.4 Å². The molecule has 15 nitrogen and oxygen atoms in total. The van der Waals surface area contributed by atoms with Gasteiger partial charge < -0.3 is 25.9 Å². The van der Waals surface area contributed by atoms with Crippen LogP contribution in [0.3, 0.4) is 0 Å². The minimum Gasteiger partial charge on any atom is -0.477 e. The molecule has 6 heterocycles. The number of halogens is 2. The zero-order valence-electron chi connectivity index (χ0n) is 26.8. The summed E-state index contributed by atoms with van der Waals surface area (Å²) < 4.78 is 19.2. The number of carbonyl (C=O) groups excluding carboxylic acids is 2. The summed E-state index contributed by atoms with van der Waals surface area (Å²) in [5.74, 6) is -1.75. The molecule has 2 aromatic heterocycles. The molecule has 0 spiro atoms. The highest BCUT2D eigenvalue weighted by Gasteiger charge is 2.55. The number of hydrogen-bond acceptors (Lipinski definition) is 12. The van der Waals surface area contributed by atoms with E-state index in [9.17, 15) is 19.5 Å². The number of rotatable bonds is 11. The van der Waals surface area contributed by atoms with Gasteiger partial charge >= 0.3 is 5.97 Å². The quantitative estimate of drug-likeness (QED) is 0.114. The molecule has 50 heavy (non-hydrogen) atoms. The van der Waals surface area contributed by atoms with Crippen molar-refractivity contribution in [3.8, 4) is 0 Å². The zero-order chi connectivity index (χ0) is 35.1. The number of amides is 2. The Hall–Kier alpha value is -4.68. The van der Waals surface area contributed by atoms with Gasteiger partial charge in [0, 0.05) is 53.5 Å². The number of aromatic nitrogens is 3. The first kappa shape index (κ1) is 33.8. The number of nitrogens with one attached hydrogen (secondary N) is 1. The lowest BCUT2D eigenvalue weighted by Gasteiger charge is -2.49. The second kappa shape index (κ2) is 13.9. The average molecular weight is 744 g/mol. The van der Waals surface area contributed by atoms with Gasteiger partial charge in [0.25, 0.3) is 11.8 Å². The van der Waals surface area contributed by atoms with Crippen LogP contribution >= 0.6 is 34.7 Å². The van der Waals surface area contributed by atoms with Crippen LogP contribution in [0.15, 0.2) is 51.3 Å². The Balaban J connectivity index is 1.04. The summed E-state index contributed by atoms with van der Waals surface area (Å²) in [7, 11) is 1.28. The third-order valence-corrected chi connectivity index (χ3v) is 11.2. The summed E-state index contributed by atoms with van der Waals surface area (Å²) >= 11 is 9.04. The van der Waals surface area contributed by atoms with Gasteiger partial charge in [-0.15, -0.1) is 32.5 Å². The van der Waals surface area contributed by atoms with Crippen molar-refractivity contribution >= 4 is 75.4 Å². The number of hydrogen-bond donors (Lipinski definition) is 3. The van der Waals surface area contributed by atoms with E-state index in [0.717, 1.165) is 43.1 Å². The Labute approximate surface area is 298 Å². The number of fused-ring (bicyclic) bond motifs is 2. The van der Waals surface area contributed by atoms with E-state index in [-0.39, 0.29) is 35.3 Å². The molecule has 19 heteroatoms. The van der Waals surface area contributed by atoms with Crippen LogP contribution in [0.4, 0.5) is 15.3 Å². The van der Waals surface area contributed by atoms with Crippen LogP contribution < -0.4 is 20.6 Å². The molecule has 1 aromatic carbocycles. The van der Waals surface area contributed by atoms with E-state index in [0.29, 0.717) is 40.6 Å². The fourth-order valence-corrected chi connectivity index (χ4v) is 8.66. The molecule has 2 amide bonds. The smallest absolute Gasteiger partial charge is 0.352 e. The third kappa shape index (κ3) is 6.37. The molecule has 2 atom stereocenters. The van der Waals surface area contributed by atoms with Crippen LogP contribution in [-0.2, 0) is 38.9 Å². The molecule has 2 saturated heterocycles. The number of carbonyl (C=O) groups is 3. The molecule has 4 aliphatic rings. The van der Waals surface area contributed by atoms with E-state index >= 15 is 4.39 Å². The first-order valence-corrected chi connectivity index (χ1v) is 18.1. The number of thiazole rings is 1. The molecule has 4 N–H and O–H groups in total. The van der Waals surface area contributed by atoms with Crippen LogP contribution in [0, 0.1) is 5.82 Å². The number of hydrazone groups is 1. The molecule has 4 aliphatic heterocycles. The Morgan fingerprint density at radius 2 is 2.08 bits per heavy atom. The lowest BCUT2D eigenvalue weighted by molar-refractivity contribution is -0.766. The number of carboxylic acid groups (broad SMARTS) is 1. The number of anilines is 2. The molecular weight excluding hydrogens is 711 g/mol. The number of carboxylic acids is 1. The molecule has 0 aliphatic carbocycles. The fraction of sp³-hybridized carbons (Fsp3) is 0.387. The molecule has 0 radical (unpaired) electrons. The first-order valence-electron chi connectivity index (χ1n) is 15.8. The van der Waals surface area contributed by atoms with Crippen molar-refractivity contribution in [2.75, 3.05) is 43.1 Å². The monoisotopic (exact) mass is 743 g/mol. The predicted molar refractivity (Wildman–Crippen MR) is 185 cm³/mol. The largest absolute Gasteiger partial charge is 0.477 e. The Bertz CT molecular complexity index is 1940. The van der Waals surface area contributed by atoms with E-state index in [2.05, 4.69) is 20.6 Å². The first-order chi connectivity index (χ1) is 24.1. The highest BCUT2D eigenvalue weighted by Crippen LogP contribution is 2.40. The molecule has 262 valence electrons. The van der Waals surface area contributed by atoms with Crippen LogP contribution in [-0.4, -0.2) is 98.3 Å². The van der Waals surface area contributed by atoms with E-state index in [1.807, 2.05) is 31.5 Å². The van der Waals surface area contributed by atoms with Crippen molar-refractivity contribution in [3.05, 3.63) is 68.7 Å². The highest BCUT2D eigenvalue weighted by molar-refractivity contribution is 8.00. The third-order valence-electron chi connectivity index (χ3n) is 8.89. The summed E-state index contributed by atoms with van der Waals surface area (Å²) in [6.07, 6.45) is 5.67. The highest BCUT2D eigenvalue weighted by atomic mass is 35.5. The summed E-state index contributed by atoms with van der Waals surface area (Å²) in [5.41, 5.74) is 7.15. The number of nitrogen functional groups attached to an aromatic ring is 1. The number of nitrogens with zero attached hydrogens (tertiary/aromatic N) is 8. The fourth-order valence-electron chi connectivity index (χ4n) is 6.50. The van der Waals surface area contributed by atoms with Gasteiger partial charge in [-0.2, -0.15) is 5.10 Å². The Morgan fingerprint density at radius 3 is 2.78 bits per heavy atom. The summed E-state index contributed by atoms with van der Waals surface area (Å²) in [4.78, 5) is 51.0. The van der Waals surface area contributed by atoms with E-state index < -0.39 is 35.0 Å². The minimum absolute atomic E-state index is 0.109. The lowest BCUT2D eigenvalue weighted by atomic mass is 10.0. The van der Waals surface area contributed by atoms with Gasteiger partial charge in [-0.05, 0) is 30.5 Å². The van der Waals surface area contributed by atoms with Crippen molar-refractivity contribution in [2.24, 2.45) is 10.3 Å². The van der Waals surface area contributed by atoms with Crippen molar-refractivity contribution in [1.82, 2.24) is 24.9 Å². The van der Waals surface area contributed by atoms with Crippen LogP contribution in [0.1, 0.15) is 29.7 Å². The Kier molecular flexibility index (Phi) is 9.40. The number of thioether (sulfide) groups is 1. The summed E-state index contributed by atoms with van der Waals surface area (Å²) in [6.45, 7) is 3.43. The van der Waals surface area contributed by atoms with Crippen molar-refractivity contribution in [3.63, 3.8) is 0 Å². The lowest BCUT2D eigenvalue weighted by Crippen LogP contribution is -2.71. The average Bonchev–Trinajstić information content (AvgIpc) is 3.91. The molecular formula is C31H33ClFN10O5S2+. The molecule has 0 unspecified atom stereocenters. The van der Waals surface area contributed by atoms with E-state index in [4.69, 9.17) is 22.2 Å². The predicted octanol–water partition coefficient (Wildman–Crippen LogP) is 1.85. The van der Waals surface area contributed by atoms with Gasteiger partial charge in [0.2, 0.25) is 0 Å². The second-order valence-electron chi connectivity index (χ2n) is 12.0. The maximum Gasteiger partial charge on any atom is 0.352 e. The molecule has 3 aromatic rings. The van der Waals surface area contributed by atoms with Gasteiger partial charge in [0.15, 0.2) is 29.4 Å². The molecule has 2 fully saturated rings. The topological polar surface area (TPSA) is 175 Å². The van der Waals surface area contributed by atoms with Gasteiger partial charge in [-0.3, -0.25) is 19.5 Å². The minimum atomic E-state index is -1.24. The number of oxime groups is 1. The van der Waals surface area contributed by atoms with Crippen LogP contribution in [0.2, 0.25) is 5.02 Å². The van der Waals surface area contributed by atoms with Gasteiger partial charge in [0.1, 0.15) is 35.7 Å². The zero-order valence-corrected chi connectivity index (χ0v) is 29.2. The van der Waals surface area contributed by atoms with Crippen LogP contribution in [0.25, 0.3) is 0 Å². The van der Waals surface area contributed by atoms with Crippen LogP contribution in [0.5, 0.6) is 0 Å². The summed E-state index contributed by atoms with van der Waals surface area (Å²) in [6, 6.07) is 4.09. The molecule has 0 bridgehead atoms. The standard InChI is InChI=1S/C31H32ClFN10O5S2/c1-48-38-24(22-16-50-31(34)36-22)27(44)37-25-28(45)43-26(30(46)47)18(15-49-29(25)43)13-41-7-4-23-39(8-9-42(23)41)14-19-20(32)10-17(11-21(19)33)12-35-40-5-2-3-6-40/h4,7,10-12,16,25,29H,2-3,5-6,8-9,13-15H2,1H3,(H3-,34,36,37,44,46,47)/p+1/b35-12?,38-24-/t25-,29-/m1/s1. The number of β-lactam (4-membered cyclic amide) rings is 1. The van der Waals surface area contributed by atoms with Gasteiger partial charge in [-0.25, -0.2) is 14.2 Å². The van der Waals surface area contributed by atoms with E-state index in [1.54, 1.807) is 17.7 Å². The van der Waals surface area contributed by atoms with Crippen molar-refractivity contribution in [2.45, 2.75) is 43.9 Å². The van der Waals surface area contributed by atoms with E-state index in [1.165, 1.54) is 29.8 Å². The number of aliphatic carboxylic acids is 1. The van der Waals surface area contributed by atoms with Crippen molar-refractivity contribution in [1.29, 1.82) is 0 Å². The number of nitrogens with two attached hydrogens (primary N) is 1. The van der Waals surface area contributed by atoms with Gasteiger partial charge in [-0.1, -0.05) is 16.8 Å². The normalized spacial score (nSPS) is 20.4.